The maximum absolute atomic E-state index is 13.1. The van der Waals surface area contributed by atoms with Gasteiger partial charge in [-0.1, -0.05) is 13.8 Å². The first kappa shape index (κ1) is 19.6. The van der Waals surface area contributed by atoms with Crippen LogP contribution < -0.4 is 5.32 Å². The van der Waals surface area contributed by atoms with Crippen molar-refractivity contribution in [3.05, 3.63) is 33.5 Å². The molecule has 0 bridgehead atoms. The number of carbonyl (C=O) groups is 3. The van der Waals surface area contributed by atoms with Crippen LogP contribution in [0.1, 0.15) is 50.8 Å². The number of rotatable bonds is 3. The molecule has 0 radical (unpaired) electrons. The van der Waals surface area contributed by atoms with E-state index >= 15 is 0 Å². The molecule has 4 heterocycles. The maximum Gasteiger partial charge on any atom is 0.272 e. The van der Waals surface area contributed by atoms with Crippen LogP contribution >= 0.6 is 11.3 Å². The van der Waals surface area contributed by atoms with Crippen LogP contribution in [0.25, 0.3) is 0 Å². The van der Waals surface area contributed by atoms with Crippen molar-refractivity contribution >= 4 is 34.1 Å². The highest BCUT2D eigenvalue weighted by molar-refractivity contribution is 7.17. The van der Waals surface area contributed by atoms with Crippen LogP contribution in [-0.2, 0) is 31.2 Å². The van der Waals surface area contributed by atoms with Crippen molar-refractivity contribution in [3.63, 3.8) is 0 Å². The fraction of sp³-hybridized carbons (Fsp3) is 0.500. The van der Waals surface area contributed by atoms with Gasteiger partial charge >= 0.3 is 0 Å². The van der Waals surface area contributed by atoms with Gasteiger partial charge < -0.3 is 15.1 Å². The molecular formula is C20H25N5O3S. The van der Waals surface area contributed by atoms with Gasteiger partial charge in [0.1, 0.15) is 10.7 Å². The lowest BCUT2D eigenvalue weighted by atomic mass is 10.0. The minimum Gasteiger partial charge on any atom is -0.332 e. The zero-order valence-electron chi connectivity index (χ0n) is 17.1. The van der Waals surface area contributed by atoms with Gasteiger partial charge in [-0.3, -0.25) is 19.1 Å². The number of hydrogen-bond acceptors (Lipinski definition) is 5. The average Bonchev–Trinajstić information content (AvgIpc) is 3.15. The maximum atomic E-state index is 13.1. The van der Waals surface area contributed by atoms with Crippen LogP contribution in [0.5, 0.6) is 0 Å². The number of hydrogen-bond donors (Lipinski definition) is 1. The van der Waals surface area contributed by atoms with E-state index in [9.17, 15) is 14.4 Å². The number of anilines is 1. The molecule has 0 fully saturated rings. The highest BCUT2D eigenvalue weighted by atomic mass is 32.1. The van der Waals surface area contributed by atoms with Crippen molar-refractivity contribution in [1.82, 2.24) is 19.6 Å². The summed E-state index contributed by atoms with van der Waals surface area (Å²) in [7, 11) is 3.43. The Balaban J connectivity index is 1.59. The second-order valence-corrected chi connectivity index (χ2v) is 9.24. The van der Waals surface area contributed by atoms with Crippen molar-refractivity contribution in [2.75, 3.05) is 25.5 Å². The highest BCUT2D eigenvalue weighted by Gasteiger charge is 2.34. The molecule has 154 valence electrons. The normalized spacial score (nSPS) is 16.6. The summed E-state index contributed by atoms with van der Waals surface area (Å²) in [6, 6.07) is 1.88. The summed E-state index contributed by atoms with van der Waals surface area (Å²) in [6.07, 6.45) is 1.43. The second kappa shape index (κ2) is 7.29. The molecule has 0 aromatic carbocycles. The highest BCUT2D eigenvalue weighted by Crippen LogP contribution is 2.39. The van der Waals surface area contributed by atoms with E-state index in [1.807, 2.05) is 6.07 Å². The Hall–Kier alpha value is -2.68. The predicted octanol–water partition coefficient (Wildman–Crippen LogP) is 1.90. The Morgan fingerprint density at radius 1 is 1.28 bits per heavy atom. The molecule has 9 heteroatoms. The van der Waals surface area contributed by atoms with E-state index in [2.05, 4.69) is 24.3 Å². The van der Waals surface area contributed by atoms with Gasteiger partial charge in [0, 0.05) is 25.5 Å². The van der Waals surface area contributed by atoms with Crippen molar-refractivity contribution in [3.8, 4) is 0 Å². The number of aryl methyl sites for hydroxylation is 1. The summed E-state index contributed by atoms with van der Waals surface area (Å²) in [6.45, 7) is 5.27. The molecule has 2 aliphatic rings. The van der Waals surface area contributed by atoms with E-state index in [1.54, 1.807) is 23.7 Å². The molecular weight excluding hydrogens is 390 g/mol. The number of aromatic nitrogens is 2. The third-order valence-corrected chi connectivity index (χ3v) is 6.44. The molecule has 2 aromatic rings. The van der Waals surface area contributed by atoms with Crippen LogP contribution in [0.4, 0.5) is 5.00 Å². The van der Waals surface area contributed by atoms with Crippen molar-refractivity contribution < 1.29 is 14.4 Å². The number of amides is 3. The summed E-state index contributed by atoms with van der Waals surface area (Å²) in [5.74, 6) is 0.0776. The number of nitrogens with zero attached hydrogens (tertiary/aromatic N) is 4. The summed E-state index contributed by atoms with van der Waals surface area (Å²) in [4.78, 5) is 42.1. The fourth-order valence-electron chi connectivity index (χ4n) is 3.94. The van der Waals surface area contributed by atoms with E-state index in [0.29, 0.717) is 41.7 Å². The Bertz CT molecular complexity index is 1010. The molecule has 0 aliphatic carbocycles. The van der Waals surface area contributed by atoms with Gasteiger partial charge in [0.05, 0.1) is 24.3 Å². The Morgan fingerprint density at radius 2 is 2.03 bits per heavy atom. The molecule has 0 saturated carbocycles. The van der Waals surface area contributed by atoms with E-state index < -0.39 is 0 Å². The molecule has 29 heavy (non-hydrogen) atoms. The third kappa shape index (κ3) is 3.55. The molecule has 2 aromatic heterocycles. The third-order valence-electron chi connectivity index (χ3n) is 5.31. The van der Waals surface area contributed by atoms with Gasteiger partial charge in [-0.25, -0.2) is 0 Å². The molecule has 0 atom stereocenters. The van der Waals surface area contributed by atoms with E-state index in [4.69, 9.17) is 0 Å². The van der Waals surface area contributed by atoms with Crippen molar-refractivity contribution in [2.24, 2.45) is 13.0 Å². The number of thiophene rings is 1. The number of fused-ring (bicyclic) bond motifs is 3. The summed E-state index contributed by atoms with van der Waals surface area (Å²) in [5, 5.41) is 7.92. The average molecular weight is 416 g/mol. The van der Waals surface area contributed by atoms with Crippen molar-refractivity contribution in [1.29, 1.82) is 0 Å². The molecule has 0 unspecified atom stereocenters. The smallest absolute Gasteiger partial charge is 0.272 e. The second-order valence-electron chi connectivity index (χ2n) is 8.14. The monoisotopic (exact) mass is 415 g/mol. The molecule has 8 nitrogen and oxygen atoms in total. The lowest BCUT2D eigenvalue weighted by molar-refractivity contribution is -0.116. The topological polar surface area (TPSA) is 87.5 Å². The first-order chi connectivity index (χ1) is 13.7. The molecule has 0 spiro atoms. The SMILES string of the molecule is CC(C)Cc1cc(C(=O)N2CCc3c(sc4c3C(=O)N(C)CC(=O)N4)C2)n(C)n1. The van der Waals surface area contributed by atoms with Crippen LogP contribution in [0.15, 0.2) is 6.07 Å². The summed E-state index contributed by atoms with van der Waals surface area (Å²) in [5.41, 5.74) is 3.04. The number of nitrogens with one attached hydrogen (secondary N) is 1. The largest absolute Gasteiger partial charge is 0.332 e. The van der Waals surface area contributed by atoms with Gasteiger partial charge in [0.2, 0.25) is 5.91 Å². The Kier molecular flexibility index (Phi) is 4.94. The van der Waals surface area contributed by atoms with Gasteiger partial charge in [0.15, 0.2) is 0 Å². The quantitative estimate of drug-likeness (QED) is 0.829. The minimum atomic E-state index is -0.196. The lowest BCUT2D eigenvalue weighted by Crippen LogP contribution is -2.37. The Morgan fingerprint density at radius 3 is 2.76 bits per heavy atom. The van der Waals surface area contributed by atoms with Gasteiger partial charge in [-0.2, -0.15) is 5.10 Å². The first-order valence-electron chi connectivity index (χ1n) is 9.76. The van der Waals surface area contributed by atoms with Crippen LogP contribution in [0.3, 0.4) is 0 Å². The Labute approximate surface area is 173 Å². The molecule has 0 saturated heterocycles. The van der Waals surface area contributed by atoms with E-state index in [0.717, 1.165) is 22.6 Å². The van der Waals surface area contributed by atoms with Crippen LogP contribution in [-0.4, -0.2) is 57.4 Å². The predicted molar refractivity (Wildman–Crippen MR) is 110 cm³/mol. The van der Waals surface area contributed by atoms with Gasteiger partial charge in [-0.15, -0.1) is 11.3 Å². The molecule has 1 N–H and O–H groups in total. The lowest BCUT2D eigenvalue weighted by Gasteiger charge is -2.27. The number of carbonyl (C=O) groups excluding carboxylic acids is 3. The van der Waals surface area contributed by atoms with Gasteiger partial charge in [0.25, 0.3) is 11.8 Å². The zero-order valence-corrected chi connectivity index (χ0v) is 17.9. The standard InChI is InChI=1S/C20H25N5O3S/c1-11(2)7-12-8-14(24(4)22-12)19(27)25-6-5-13-15(9-25)29-18-17(13)20(28)23(3)10-16(26)21-18/h8,11H,5-7,9-10H2,1-4H3,(H,21,26). The zero-order chi connectivity index (χ0) is 20.9. The molecule has 2 aliphatic heterocycles. The van der Waals surface area contributed by atoms with Gasteiger partial charge in [-0.05, 0) is 30.4 Å². The molecule has 4 rings (SSSR count). The van der Waals surface area contributed by atoms with Crippen molar-refractivity contribution in [2.45, 2.75) is 33.2 Å². The minimum absolute atomic E-state index is 0.0544. The van der Waals surface area contributed by atoms with E-state index in [1.165, 1.54) is 16.2 Å². The number of likely N-dealkylation sites (N-methyl/N-ethyl adjacent to an activating group) is 1. The first-order valence-corrected chi connectivity index (χ1v) is 10.6. The summed E-state index contributed by atoms with van der Waals surface area (Å²) < 4.78 is 1.65. The molecule has 3 amide bonds. The van der Waals surface area contributed by atoms with E-state index in [-0.39, 0.29) is 24.3 Å². The fourth-order valence-corrected chi connectivity index (χ4v) is 5.21. The van der Waals surface area contributed by atoms with Crippen LogP contribution in [0, 0.1) is 5.92 Å². The van der Waals surface area contributed by atoms with Crippen LogP contribution in [0.2, 0.25) is 0 Å². The summed E-state index contributed by atoms with van der Waals surface area (Å²) >= 11 is 1.40.